The van der Waals surface area contributed by atoms with E-state index >= 15 is 0 Å². The standard InChI is InChI=1S/C18H30N2O/c1-20(13-7-4-8-14-20)12-6-3-2-5-9-16-15-17(21)10-11-18(16)19/h10-11,15H,2-9,12-14,19H2,1H3/p+1. The molecule has 1 heterocycles. The Kier molecular flexibility index (Phi) is 5.92. The van der Waals surface area contributed by atoms with Crippen molar-refractivity contribution in [2.45, 2.75) is 51.4 Å². The molecule has 21 heavy (non-hydrogen) atoms. The molecule has 3 heteroatoms. The fourth-order valence-corrected chi connectivity index (χ4v) is 3.47. The Labute approximate surface area is 129 Å². The lowest BCUT2D eigenvalue weighted by Crippen LogP contribution is -2.48. The normalized spacial score (nSPS) is 17.8. The lowest BCUT2D eigenvalue weighted by atomic mass is 10.0. The van der Waals surface area contributed by atoms with Gasteiger partial charge in [0, 0.05) is 5.69 Å². The van der Waals surface area contributed by atoms with Crippen LogP contribution >= 0.6 is 0 Å². The third kappa shape index (κ3) is 5.24. The second-order valence-electron chi connectivity index (χ2n) is 6.90. The van der Waals surface area contributed by atoms with Crippen molar-refractivity contribution in [1.82, 2.24) is 0 Å². The van der Waals surface area contributed by atoms with Crippen LogP contribution in [0.25, 0.3) is 0 Å². The third-order valence-electron chi connectivity index (χ3n) is 4.92. The van der Waals surface area contributed by atoms with E-state index in [1.807, 2.05) is 0 Å². The van der Waals surface area contributed by atoms with Gasteiger partial charge in [-0.05, 0) is 68.7 Å². The van der Waals surface area contributed by atoms with Crippen LogP contribution in [-0.2, 0) is 6.42 Å². The average Bonchev–Trinajstić information content (AvgIpc) is 2.47. The van der Waals surface area contributed by atoms with Crippen LogP contribution in [0.15, 0.2) is 18.2 Å². The van der Waals surface area contributed by atoms with Gasteiger partial charge in [-0.3, -0.25) is 0 Å². The molecule has 3 N–H and O–H groups in total. The first-order valence-corrected chi connectivity index (χ1v) is 8.50. The highest BCUT2D eigenvalue weighted by molar-refractivity contribution is 5.50. The van der Waals surface area contributed by atoms with Crippen molar-refractivity contribution in [3.63, 3.8) is 0 Å². The van der Waals surface area contributed by atoms with Crippen molar-refractivity contribution in [1.29, 1.82) is 0 Å². The van der Waals surface area contributed by atoms with Gasteiger partial charge in [-0.25, -0.2) is 0 Å². The summed E-state index contributed by atoms with van der Waals surface area (Å²) in [5, 5.41) is 9.49. The number of rotatable bonds is 7. The lowest BCUT2D eigenvalue weighted by molar-refractivity contribution is -0.914. The molecule has 1 saturated heterocycles. The zero-order valence-corrected chi connectivity index (χ0v) is 13.5. The molecule has 2 rings (SSSR count). The largest absolute Gasteiger partial charge is 0.508 e. The molecule has 1 aromatic carbocycles. The van der Waals surface area contributed by atoms with Gasteiger partial charge in [0.05, 0.1) is 26.7 Å². The quantitative estimate of drug-likeness (QED) is 0.348. The summed E-state index contributed by atoms with van der Waals surface area (Å²) in [6.07, 6.45) is 10.3. The molecular formula is C18H31N2O+. The van der Waals surface area contributed by atoms with Crippen LogP contribution in [0, 0.1) is 0 Å². The van der Waals surface area contributed by atoms with E-state index in [0.717, 1.165) is 24.1 Å². The number of quaternary nitrogens is 1. The fraction of sp³-hybridized carbons (Fsp3) is 0.667. The van der Waals surface area contributed by atoms with Gasteiger partial charge in [-0.2, -0.15) is 0 Å². The van der Waals surface area contributed by atoms with E-state index in [0.29, 0.717) is 5.75 Å². The summed E-state index contributed by atoms with van der Waals surface area (Å²) >= 11 is 0. The maximum Gasteiger partial charge on any atom is 0.116 e. The zero-order valence-electron chi connectivity index (χ0n) is 13.5. The first-order chi connectivity index (χ1) is 10.1. The minimum Gasteiger partial charge on any atom is -0.508 e. The van der Waals surface area contributed by atoms with Crippen LogP contribution in [0.5, 0.6) is 5.75 Å². The van der Waals surface area contributed by atoms with Crippen LogP contribution in [0.3, 0.4) is 0 Å². The van der Waals surface area contributed by atoms with Crippen LogP contribution in [0.2, 0.25) is 0 Å². The van der Waals surface area contributed by atoms with Crippen molar-refractivity contribution in [3.8, 4) is 5.75 Å². The third-order valence-corrected chi connectivity index (χ3v) is 4.92. The first kappa shape index (κ1) is 16.2. The molecule has 3 nitrogen and oxygen atoms in total. The molecule has 0 radical (unpaired) electrons. The summed E-state index contributed by atoms with van der Waals surface area (Å²) < 4.78 is 1.29. The van der Waals surface area contributed by atoms with Crippen molar-refractivity contribution in [3.05, 3.63) is 23.8 Å². The maximum atomic E-state index is 9.49. The number of likely N-dealkylation sites (tertiary alicyclic amines) is 1. The number of phenolic OH excluding ortho intramolecular Hbond substituents is 1. The molecule has 1 aromatic rings. The Morgan fingerprint density at radius 2 is 1.76 bits per heavy atom. The van der Waals surface area contributed by atoms with Gasteiger partial charge >= 0.3 is 0 Å². The molecule has 0 aromatic heterocycles. The van der Waals surface area contributed by atoms with Crippen LogP contribution in [0.1, 0.15) is 50.5 Å². The highest BCUT2D eigenvalue weighted by Gasteiger charge is 2.23. The molecule has 0 bridgehead atoms. The smallest absolute Gasteiger partial charge is 0.116 e. The molecule has 0 unspecified atom stereocenters. The number of hydrogen-bond acceptors (Lipinski definition) is 2. The summed E-state index contributed by atoms with van der Waals surface area (Å²) in [6, 6.07) is 5.25. The van der Waals surface area contributed by atoms with E-state index in [9.17, 15) is 5.11 Å². The minimum absolute atomic E-state index is 0.321. The van der Waals surface area contributed by atoms with Crippen molar-refractivity contribution < 1.29 is 9.59 Å². The number of piperidine rings is 1. The van der Waals surface area contributed by atoms with Crippen molar-refractivity contribution in [2.75, 3.05) is 32.4 Å². The van der Waals surface area contributed by atoms with E-state index in [1.165, 1.54) is 62.6 Å². The maximum absolute atomic E-state index is 9.49. The highest BCUT2D eigenvalue weighted by atomic mass is 16.3. The monoisotopic (exact) mass is 291 g/mol. The van der Waals surface area contributed by atoms with Crippen molar-refractivity contribution >= 4 is 5.69 Å². The number of nitrogen functional groups attached to an aromatic ring is 1. The van der Waals surface area contributed by atoms with E-state index in [-0.39, 0.29) is 0 Å². The number of hydrogen-bond donors (Lipinski definition) is 2. The van der Waals surface area contributed by atoms with Gasteiger partial charge in [-0.15, -0.1) is 0 Å². The molecule has 0 atom stereocenters. The van der Waals surface area contributed by atoms with Crippen LogP contribution in [0.4, 0.5) is 5.69 Å². The molecule has 0 saturated carbocycles. The Bertz CT molecular complexity index is 439. The lowest BCUT2D eigenvalue weighted by Gasteiger charge is -2.37. The Morgan fingerprint density at radius 3 is 2.52 bits per heavy atom. The predicted octanol–water partition coefficient (Wildman–Crippen LogP) is 3.71. The number of nitrogens with two attached hydrogens (primary N) is 1. The fourth-order valence-electron chi connectivity index (χ4n) is 3.47. The van der Waals surface area contributed by atoms with Gasteiger partial charge in [0.2, 0.25) is 0 Å². The molecule has 0 spiro atoms. The Morgan fingerprint density at radius 1 is 1.05 bits per heavy atom. The van der Waals surface area contributed by atoms with Gasteiger partial charge in [0.1, 0.15) is 5.75 Å². The molecule has 0 amide bonds. The Hall–Kier alpha value is -1.22. The van der Waals surface area contributed by atoms with E-state index in [1.54, 1.807) is 18.2 Å². The van der Waals surface area contributed by atoms with Gasteiger partial charge in [0.15, 0.2) is 0 Å². The van der Waals surface area contributed by atoms with E-state index in [4.69, 9.17) is 5.73 Å². The predicted molar refractivity (Wildman–Crippen MR) is 89.3 cm³/mol. The Balaban J connectivity index is 1.60. The SMILES string of the molecule is C[N+]1(CCCCCCc2cc(O)ccc2N)CCCCC1. The molecule has 118 valence electrons. The topological polar surface area (TPSA) is 46.2 Å². The number of nitrogens with zero attached hydrogens (tertiary/aromatic N) is 1. The average molecular weight is 291 g/mol. The van der Waals surface area contributed by atoms with Crippen LogP contribution < -0.4 is 5.73 Å². The number of unbranched alkanes of at least 4 members (excludes halogenated alkanes) is 3. The summed E-state index contributed by atoms with van der Waals surface area (Å²) in [5.74, 6) is 0.321. The van der Waals surface area contributed by atoms with Gasteiger partial charge in [-0.1, -0.05) is 6.42 Å². The highest BCUT2D eigenvalue weighted by Crippen LogP contribution is 2.21. The number of benzene rings is 1. The second-order valence-corrected chi connectivity index (χ2v) is 6.90. The molecule has 1 aliphatic heterocycles. The molecule has 1 aliphatic rings. The van der Waals surface area contributed by atoms with Crippen LogP contribution in [-0.4, -0.2) is 36.3 Å². The number of aromatic hydroxyl groups is 1. The minimum atomic E-state index is 0.321. The summed E-state index contributed by atoms with van der Waals surface area (Å²) in [4.78, 5) is 0. The van der Waals surface area contributed by atoms with E-state index in [2.05, 4.69) is 7.05 Å². The molecule has 0 aliphatic carbocycles. The summed E-state index contributed by atoms with van der Waals surface area (Å²) in [6.45, 7) is 4.09. The first-order valence-electron chi connectivity index (χ1n) is 8.50. The summed E-state index contributed by atoms with van der Waals surface area (Å²) in [5.41, 5.74) is 7.82. The zero-order chi connectivity index (χ0) is 15.1. The molecule has 1 fully saturated rings. The van der Waals surface area contributed by atoms with Gasteiger partial charge in [0.25, 0.3) is 0 Å². The van der Waals surface area contributed by atoms with E-state index < -0.39 is 0 Å². The number of aryl methyl sites for hydroxylation is 1. The van der Waals surface area contributed by atoms with Crippen molar-refractivity contribution in [2.24, 2.45) is 0 Å². The van der Waals surface area contributed by atoms with Gasteiger partial charge < -0.3 is 15.3 Å². The number of anilines is 1. The second kappa shape index (κ2) is 7.69. The molecular weight excluding hydrogens is 260 g/mol. The number of phenols is 1. The summed E-state index contributed by atoms with van der Waals surface area (Å²) in [7, 11) is 2.42.